The summed E-state index contributed by atoms with van der Waals surface area (Å²) < 4.78 is 15.0. The van der Waals surface area contributed by atoms with Gasteiger partial charge in [-0.25, -0.2) is 9.18 Å². The van der Waals surface area contributed by atoms with Crippen LogP contribution in [0.4, 0.5) is 4.39 Å². The molecule has 4 rings (SSSR count). The van der Waals surface area contributed by atoms with Gasteiger partial charge in [0.1, 0.15) is 30.0 Å². The summed E-state index contributed by atoms with van der Waals surface area (Å²) in [7, 11) is 1.26. The molecule has 2 aliphatic heterocycles. The molecule has 2 aromatic rings. The van der Waals surface area contributed by atoms with E-state index in [0.717, 1.165) is 0 Å². The summed E-state index contributed by atoms with van der Waals surface area (Å²) in [5.41, 5.74) is 0.634. The highest BCUT2D eigenvalue weighted by Crippen LogP contribution is 2.40. The Kier molecular flexibility index (Phi) is 5.24. The lowest BCUT2D eigenvalue weighted by Crippen LogP contribution is -2.71. The average molecular weight is 449 g/mol. The zero-order chi connectivity index (χ0) is 21.6. The van der Waals surface area contributed by atoms with Crippen molar-refractivity contribution in [3.8, 4) is 0 Å². The molecule has 30 heavy (non-hydrogen) atoms. The van der Waals surface area contributed by atoms with Gasteiger partial charge >= 0.3 is 5.97 Å². The number of fused-ring (bicyclic) bond motifs is 2. The van der Waals surface area contributed by atoms with Gasteiger partial charge in [0.25, 0.3) is 11.8 Å². The van der Waals surface area contributed by atoms with Crippen LogP contribution in [0.1, 0.15) is 12.5 Å². The van der Waals surface area contributed by atoms with Crippen LogP contribution < -0.4 is 5.32 Å². The van der Waals surface area contributed by atoms with Crippen molar-refractivity contribution in [1.82, 2.24) is 10.2 Å². The molecular weight excluding hydrogens is 433 g/mol. The summed E-state index contributed by atoms with van der Waals surface area (Å²) >= 11 is 2.62. The van der Waals surface area contributed by atoms with Gasteiger partial charge in [0.2, 0.25) is 0 Å². The van der Waals surface area contributed by atoms with Crippen LogP contribution in [0.5, 0.6) is 0 Å². The van der Waals surface area contributed by atoms with Gasteiger partial charge in [-0.3, -0.25) is 14.5 Å². The number of halogens is 1. The molecule has 1 aromatic carbocycles. The highest BCUT2D eigenvalue weighted by atomic mass is 32.2. The van der Waals surface area contributed by atoms with E-state index in [1.807, 2.05) is 0 Å². The van der Waals surface area contributed by atoms with Crippen molar-refractivity contribution in [1.29, 1.82) is 0 Å². The first-order chi connectivity index (χ1) is 14.3. The Labute approximate surface area is 178 Å². The number of hydrogen-bond donors (Lipinski definition) is 2. The topological polar surface area (TPSA) is 108 Å². The van der Waals surface area contributed by atoms with Gasteiger partial charge in [-0.15, -0.1) is 23.1 Å². The Morgan fingerprint density at radius 3 is 2.87 bits per heavy atom. The number of benzene rings is 1. The zero-order valence-electron chi connectivity index (χ0n) is 15.8. The second-order valence-electron chi connectivity index (χ2n) is 6.68. The number of β-lactam (4-membered cyclic amide) rings is 1. The summed E-state index contributed by atoms with van der Waals surface area (Å²) in [6, 6.07) is 3.67. The first kappa shape index (κ1) is 20.4. The van der Waals surface area contributed by atoms with Crippen molar-refractivity contribution in [3.63, 3.8) is 0 Å². The fourth-order valence-corrected chi connectivity index (χ4v) is 5.76. The van der Waals surface area contributed by atoms with E-state index in [0.29, 0.717) is 16.0 Å². The number of hydrogen-bond acceptors (Lipinski definition) is 7. The number of rotatable bonds is 5. The number of carboxylic acids is 1. The van der Waals surface area contributed by atoms with Crippen molar-refractivity contribution in [2.75, 3.05) is 12.9 Å². The quantitative estimate of drug-likeness (QED) is 0.411. The number of thioether (sulfide) groups is 1. The van der Waals surface area contributed by atoms with Crippen LogP contribution in [0.25, 0.3) is 10.1 Å². The van der Waals surface area contributed by atoms with Crippen LogP contribution in [0.2, 0.25) is 0 Å². The van der Waals surface area contributed by atoms with E-state index in [1.165, 1.54) is 41.2 Å². The van der Waals surface area contributed by atoms with E-state index in [-0.39, 0.29) is 22.4 Å². The van der Waals surface area contributed by atoms with Gasteiger partial charge in [0.05, 0.1) is 0 Å². The maximum absolute atomic E-state index is 14.4. The third-order valence-electron chi connectivity index (χ3n) is 4.85. The normalized spacial score (nSPS) is 21.4. The van der Waals surface area contributed by atoms with E-state index in [4.69, 9.17) is 4.84 Å². The Bertz CT molecular complexity index is 1140. The monoisotopic (exact) mass is 449 g/mol. The van der Waals surface area contributed by atoms with Gasteiger partial charge in [0.15, 0.2) is 5.71 Å². The maximum atomic E-state index is 14.4. The number of thiophene rings is 1. The fraction of sp³-hybridized carbons (Fsp3) is 0.263. The molecule has 8 nitrogen and oxygen atoms in total. The number of nitrogens with zero attached hydrogens (tertiary/aromatic N) is 2. The van der Waals surface area contributed by atoms with Crippen LogP contribution in [-0.4, -0.2) is 57.8 Å². The van der Waals surface area contributed by atoms with Crippen molar-refractivity contribution < 1.29 is 28.7 Å². The highest BCUT2D eigenvalue weighted by molar-refractivity contribution is 8.00. The third-order valence-corrected chi connectivity index (χ3v) is 7.22. The van der Waals surface area contributed by atoms with E-state index in [2.05, 4.69) is 10.5 Å². The number of nitrogens with one attached hydrogen (secondary N) is 1. The summed E-state index contributed by atoms with van der Waals surface area (Å²) in [6.45, 7) is 1.66. The van der Waals surface area contributed by atoms with Gasteiger partial charge < -0.3 is 15.3 Å². The largest absolute Gasteiger partial charge is 0.477 e. The Morgan fingerprint density at radius 2 is 2.17 bits per heavy atom. The van der Waals surface area contributed by atoms with E-state index < -0.39 is 35.0 Å². The van der Waals surface area contributed by atoms with Crippen molar-refractivity contribution in [2.45, 2.75) is 18.3 Å². The molecule has 2 N–H and O–H groups in total. The van der Waals surface area contributed by atoms with Crippen molar-refractivity contribution in [3.05, 3.63) is 46.2 Å². The minimum absolute atomic E-state index is 0.0501. The molecule has 0 bridgehead atoms. The second-order valence-corrected chi connectivity index (χ2v) is 8.70. The number of carbonyl (C=O) groups is 3. The molecule has 1 fully saturated rings. The van der Waals surface area contributed by atoms with Crippen LogP contribution in [0.3, 0.4) is 0 Å². The highest BCUT2D eigenvalue weighted by Gasteiger charge is 2.54. The minimum atomic E-state index is -1.18. The SMILES string of the molecule is CON=C(C(=O)NC1C(=O)N2C(C(=O)O)=C(C)CS[C@@H]12)c1csc2cccc(F)c12. The Morgan fingerprint density at radius 1 is 1.40 bits per heavy atom. The van der Waals surface area contributed by atoms with Crippen molar-refractivity contribution in [2.24, 2.45) is 5.16 Å². The molecule has 0 aliphatic carbocycles. The van der Waals surface area contributed by atoms with Gasteiger partial charge in [0, 0.05) is 26.8 Å². The molecule has 2 atom stereocenters. The lowest BCUT2D eigenvalue weighted by molar-refractivity contribution is -0.150. The van der Waals surface area contributed by atoms with Crippen molar-refractivity contribution >= 4 is 56.7 Å². The number of aliphatic carboxylic acids is 1. The third kappa shape index (κ3) is 3.14. The van der Waals surface area contributed by atoms with Gasteiger partial charge in [-0.2, -0.15) is 0 Å². The first-order valence-electron chi connectivity index (χ1n) is 8.81. The van der Waals surface area contributed by atoms with Crippen LogP contribution in [0.15, 0.2) is 40.0 Å². The fourth-order valence-electron chi connectivity index (χ4n) is 3.51. The van der Waals surface area contributed by atoms with Crippen LogP contribution in [0, 0.1) is 5.82 Å². The molecule has 1 unspecified atom stereocenters. The molecule has 156 valence electrons. The number of oxime groups is 1. The summed E-state index contributed by atoms with van der Waals surface area (Å²) in [5.74, 6) is -2.47. The summed E-state index contributed by atoms with van der Waals surface area (Å²) in [4.78, 5) is 43.0. The van der Waals surface area contributed by atoms with E-state index >= 15 is 0 Å². The lowest BCUT2D eigenvalue weighted by atomic mass is 10.0. The molecule has 3 heterocycles. The maximum Gasteiger partial charge on any atom is 0.352 e. The van der Waals surface area contributed by atoms with E-state index in [1.54, 1.807) is 24.4 Å². The summed E-state index contributed by atoms with van der Waals surface area (Å²) in [5, 5.41) is 17.1. The lowest BCUT2D eigenvalue weighted by Gasteiger charge is -2.49. The molecule has 0 spiro atoms. The molecule has 11 heteroatoms. The molecule has 1 aromatic heterocycles. The molecule has 2 aliphatic rings. The predicted octanol–water partition coefficient (Wildman–Crippen LogP) is 2.15. The average Bonchev–Trinajstić information content (AvgIpc) is 3.14. The number of carbonyl (C=O) groups excluding carboxylic acids is 2. The van der Waals surface area contributed by atoms with Gasteiger partial charge in [-0.1, -0.05) is 11.2 Å². The predicted molar refractivity (Wildman–Crippen MR) is 111 cm³/mol. The number of carboxylic acid groups (broad SMARTS) is 1. The second kappa shape index (κ2) is 7.73. The molecule has 0 radical (unpaired) electrons. The molecular formula is C19H16FN3O5S2. The summed E-state index contributed by atoms with van der Waals surface area (Å²) in [6.07, 6.45) is 0. The zero-order valence-corrected chi connectivity index (χ0v) is 17.5. The molecule has 0 saturated carbocycles. The first-order valence-corrected chi connectivity index (χ1v) is 10.7. The minimum Gasteiger partial charge on any atom is -0.477 e. The Balaban J connectivity index is 1.61. The van der Waals surface area contributed by atoms with Crippen LogP contribution in [-0.2, 0) is 19.2 Å². The van der Waals surface area contributed by atoms with Gasteiger partial charge in [-0.05, 0) is 24.6 Å². The van der Waals surface area contributed by atoms with Crippen LogP contribution >= 0.6 is 23.1 Å². The number of amides is 2. The smallest absolute Gasteiger partial charge is 0.352 e. The standard InChI is InChI=1S/C19H16FN3O5S2/c1-8-6-30-18-14(17(25)23(18)15(8)19(26)27)21-16(24)13(22-28-2)9-7-29-11-5-3-4-10(20)12(9)11/h3-5,7,14,18H,6H2,1-2H3,(H,21,24)(H,26,27)/t14?,18-/m0/s1. The van der Waals surface area contributed by atoms with E-state index in [9.17, 15) is 23.9 Å². The Hall–Kier alpha value is -2.92. The molecule has 1 saturated heterocycles. The molecule has 2 amide bonds.